The summed E-state index contributed by atoms with van der Waals surface area (Å²) >= 11 is 0. The van der Waals surface area contributed by atoms with Gasteiger partial charge in [-0.15, -0.1) is 0 Å². The lowest BCUT2D eigenvalue weighted by molar-refractivity contribution is -0.104. The van der Waals surface area contributed by atoms with E-state index in [2.05, 4.69) is 6.08 Å². The molecule has 1 saturated heterocycles. The van der Waals surface area contributed by atoms with Crippen molar-refractivity contribution < 1.29 is 9.94 Å². The highest BCUT2D eigenvalue weighted by atomic mass is 16.7. The van der Waals surface area contributed by atoms with Gasteiger partial charge in [-0.2, -0.15) is 0 Å². The highest BCUT2D eigenvalue weighted by molar-refractivity contribution is 5.47. The summed E-state index contributed by atoms with van der Waals surface area (Å²) in [6.45, 7) is 0.0412. The molecule has 3 nitrogen and oxygen atoms in total. The second-order valence-corrected chi connectivity index (χ2v) is 4.44. The van der Waals surface area contributed by atoms with E-state index in [4.69, 9.17) is 4.84 Å². The van der Waals surface area contributed by atoms with Gasteiger partial charge in [0.15, 0.2) is 0 Å². The maximum absolute atomic E-state index is 9.43. The van der Waals surface area contributed by atoms with Gasteiger partial charge in [0.1, 0.15) is 5.60 Å². The average molecular weight is 217 g/mol. The second-order valence-electron chi connectivity index (χ2n) is 4.44. The number of hydrogen-bond donors (Lipinski definition) is 1. The monoisotopic (exact) mass is 217 g/mol. The SMILES string of the molecule is OC[C@]12C=C[C@H](CC1)N(c1ccccc1)O2. The minimum Gasteiger partial charge on any atom is -0.393 e. The van der Waals surface area contributed by atoms with Crippen LogP contribution in [0.4, 0.5) is 5.69 Å². The Morgan fingerprint density at radius 2 is 2.19 bits per heavy atom. The number of hydrogen-bond acceptors (Lipinski definition) is 3. The number of aliphatic hydroxyl groups is 1. The van der Waals surface area contributed by atoms with Gasteiger partial charge in [0.05, 0.1) is 18.3 Å². The number of fused-ring (bicyclic) bond motifs is 2. The Kier molecular flexibility index (Phi) is 2.23. The maximum Gasteiger partial charge on any atom is 0.137 e. The Hall–Kier alpha value is -1.32. The van der Waals surface area contributed by atoms with Crippen LogP contribution in [0.2, 0.25) is 0 Å². The fraction of sp³-hybridized carbons (Fsp3) is 0.385. The first-order valence-corrected chi connectivity index (χ1v) is 5.67. The number of anilines is 1. The largest absolute Gasteiger partial charge is 0.393 e. The highest BCUT2D eigenvalue weighted by Gasteiger charge is 2.42. The topological polar surface area (TPSA) is 32.7 Å². The lowest BCUT2D eigenvalue weighted by Gasteiger charge is -2.48. The molecule has 3 heteroatoms. The van der Waals surface area contributed by atoms with Gasteiger partial charge in [-0.3, -0.25) is 4.84 Å². The van der Waals surface area contributed by atoms with Crippen molar-refractivity contribution in [1.82, 2.24) is 0 Å². The van der Waals surface area contributed by atoms with Gasteiger partial charge < -0.3 is 5.11 Å². The first kappa shape index (κ1) is 9.87. The molecule has 0 aromatic heterocycles. The van der Waals surface area contributed by atoms with Crippen LogP contribution in [0, 0.1) is 0 Å². The number of aliphatic hydroxyl groups excluding tert-OH is 1. The molecule has 2 heterocycles. The summed E-state index contributed by atoms with van der Waals surface area (Å²) < 4.78 is 0. The Labute approximate surface area is 94.9 Å². The van der Waals surface area contributed by atoms with Crippen LogP contribution in [0.3, 0.4) is 0 Å². The van der Waals surface area contributed by atoms with Gasteiger partial charge >= 0.3 is 0 Å². The summed E-state index contributed by atoms with van der Waals surface area (Å²) in [6.07, 6.45) is 6.07. The summed E-state index contributed by atoms with van der Waals surface area (Å²) in [6, 6.07) is 10.3. The van der Waals surface area contributed by atoms with Crippen molar-refractivity contribution in [3.63, 3.8) is 0 Å². The summed E-state index contributed by atoms with van der Waals surface area (Å²) in [5, 5.41) is 11.3. The lowest BCUT2D eigenvalue weighted by Crippen LogP contribution is -2.54. The van der Waals surface area contributed by atoms with Crippen molar-refractivity contribution in [3.05, 3.63) is 42.5 Å². The van der Waals surface area contributed by atoms with Gasteiger partial charge in [-0.1, -0.05) is 24.3 Å². The molecule has 1 fully saturated rings. The molecule has 16 heavy (non-hydrogen) atoms. The van der Waals surface area contributed by atoms with Crippen LogP contribution >= 0.6 is 0 Å². The molecule has 0 spiro atoms. The van der Waals surface area contributed by atoms with Gasteiger partial charge in [0, 0.05) is 0 Å². The van der Waals surface area contributed by atoms with E-state index >= 15 is 0 Å². The van der Waals surface area contributed by atoms with Crippen molar-refractivity contribution in [2.24, 2.45) is 0 Å². The molecule has 0 amide bonds. The van der Waals surface area contributed by atoms with Crippen LogP contribution in [0.25, 0.3) is 0 Å². The van der Waals surface area contributed by atoms with Gasteiger partial charge in [0.25, 0.3) is 0 Å². The molecule has 2 bridgehead atoms. The van der Waals surface area contributed by atoms with Gasteiger partial charge in [0.2, 0.25) is 0 Å². The molecule has 2 atom stereocenters. The Bertz CT molecular complexity index is 404. The van der Waals surface area contributed by atoms with Crippen LogP contribution in [-0.4, -0.2) is 23.4 Å². The lowest BCUT2D eigenvalue weighted by atomic mass is 9.87. The van der Waals surface area contributed by atoms with Gasteiger partial charge in [-0.05, 0) is 31.1 Å². The molecule has 0 radical (unpaired) electrons. The summed E-state index contributed by atoms with van der Waals surface area (Å²) in [5.41, 5.74) is 0.555. The fourth-order valence-electron chi connectivity index (χ4n) is 2.37. The quantitative estimate of drug-likeness (QED) is 0.768. The molecule has 2 aliphatic heterocycles. The van der Waals surface area contributed by atoms with E-state index in [-0.39, 0.29) is 6.61 Å². The normalized spacial score (nSPS) is 32.1. The van der Waals surface area contributed by atoms with Crippen LogP contribution in [0.1, 0.15) is 12.8 Å². The van der Waals surface area contributed by atoms with Gasteiger partial charge in [-0.25, -0.2) is 5.06 Å². The summed E-state index contributed by atoms with van der Waals surface area (Å²) in [5.74, 6) is 0. The zero-order valence-corrected chi connectivity index (χ0v) is 9.04. The fourth-order valence-corrected chi connectivity index (χ4v) is 2.37. The molecule has 0 unspecified atom stereocenters. The van der Waals surface area contributed by atoms with Crippen molar-refractivity contribution in [1.29, 1.82) is 0 Å². The van der Waals surface area contributed by atoms with Crippen molar-refractivity contribution in [2.45, 2.75) is 24.5 Å². The molecule has 0 saturated carbocycles. The molecular formula is C13H15NO2. The average Bonchev–Trinajstić information content (AvgIpc) is 2.41. The van der Waals surface area contributed by atoms with E-state index in [1.807, 2.05) is 41.5 Å². The third kappa shape index (κ3) is 1.44. The number of para-hydroxylation sites is 1. The number of rotatable bonds is 2. The standard InChI is InChI=1S/C13H15NO2/c15-10-13-8-6-12(7-9-13)14(16-13)11-4-2-1-3-5-11/h1-6,8,12,15H,7,9-10H2/t12-,13+/m1/s1. The third-order valence-corrected chi connectivity index (χ3v) is 3.35. The predicted octanol–water partition coefficient (Wildman–Crippen LogP) is 1.89. The van der Waals surface area contributed by atoms with E-state index in [0.717, 1.165) is 18.5 Å². The summed E-state index contributed by atoms with van der Waals surface area (Å²) in [4.78, 5) is 5.90. The summed E-state index contributed by atoms with van der Waals surface area (Å²) in [7, 11) is 0. The van der Waals surface area contributed by atoms with E-state index in [1.54, 1.807) is 0 Å². The van der Waals surface area contributed by atoms with E-state index in [1.165, 1.54) is 0 Å². The maximum atomic E-state index is 9.43. The molecule has 4 rings (SSSR count). The molecule has 1 N–H and O–H groups in total. The van der Waals surface area contributed by atoms with Crippen LogP contribution in [-0.2, 0) is 4.84 Å². The third-order valence-electron chi connectivity index (χ3n) is 3.35. The Morgan fingerprint density at radius 3 is 2.81 bits per heavy atom. The minimum atomic E-state index is -0.495. The molecule has 1 aliphatic carbocycles. The van der Waals surface area contributed by atoms with E-state index in [0.29, 0.717) is 6.04 Å². The molecule has 1 aromatic carbocycles. The zero-order chi connectivity index (χ0) is 11.0. The van der Waals surface area contributed by atoms with Crippen molar-refractivity contribution in [3.8, 4) is 0 Å². The number of nitrogens with zero attached hydrogens (tertiary/aromatic N) is 1. The van der Waals surface area contributed by atoms with Crippen LogP contribution < -0.4 is 5.06 Å². The van der Waals surface area contributed by atoms with E-state index in [9.17, 15) is 5.11 Å². The first-order valence-electron chi connectivity index (χ1n) is 5.67. The predicted molar refractivity (Wildman–Crippen MR) is 62.0 cm³/mol. The number of hydroxylamine groups is 1. The molecule has 84 valence electrons. The Morgan fingerprint density at radius 1 is 1.38 bits per heavy atom. The molecular weight excluding hydrogens is 202 g/mol. The second kappa shape index (κ2) is 3.61. The highest BCUT2D eigenvalue weighted by Crippen LogP contribution is 2.38. The van der Waals surface area contributed by atoms with Crippen molar-refractivity contribution >= 4 is 5.69 Å². The van der Waals surface area contributed by atoms with Crippen molar-refractivity contribution in [2.75, 3.05) is 11.7 Å². The number of benzene rings is 1. The molecule has 1 aromatic rings. The van der Waals surface area contributed by atoms with Crippen LogP contribution in [0.15, 0.2) is 42.5 Å². The van der Waals surface area contributed by atoms with Crippen LogP contribution in [0.5, 0.6) is 0 Å². The molecule has 3 aliphatic rings. The smallest absolute Gasteiger partial charge is 0.137 e. The zero-order valence-electron chi connectivity index (χ0n) is 9.04. The Balaban J connectivity index is 1.93. The van der Waals surface area contributed by atoms with E-state index < -0.39 is 5.60 Å². The first-order chi connectivity index (χ1) is 7.83. The minimum absolute atomic E-state index is 0.0412.